The average Bonchev–Trinajstić information content (AvgIpc) is 2.60. The second-order valence-corrected chi connectivity index (χ2v) is 3.90. The van der Waals surface area contributed by atoms with Crippen LogP contribution in [0.5, 0.6) is 5.06 Å². The molecule has 4 heteroatoms. The molecule has 1 unspecified atom stereocenters. The van der Waals surface area contributed by atoms with E-state index in [9.17, 15) is 0 Å². The van der Waals surface area contributed by atoms with Crippen molar-refractivity contribution < 1.29 is 9.84 Å². The Morgan fingerprint density at radius 3 is 3.25 bits per heavy atom. The van der Waals surface area contributed by atoms with Gasteiger partial charge in [-0.15, -0.1) is 11.3 Å². The molecule has 0 saturated carbocycles. The van der Waals surface area contributed by atoms with Gasteiger partial charge < -0.3 is 15.6 Å². The molecule has 0 saturated heterocycles. The van der Waals surface area contributed by atoms with Crippen molar-refractivity contribution in [3.05, 3.63) is 16.5 Å². The largest absolute Gasteiger partial charge is 0.483 e. The standard InChI is InChI=1S/C8H11NO2S/c9-6(4-10)7-3-5-1-2-11-8(5)12-7/h3,6,10H,1-2,4,9H2. The molecular weight excluding hydrogens is 174 g/mol. The molecule has 0 aliphatic carbocycles. The summed E-state index contributed by atoms with van der Waals surface area (Å²) < 4.78 is 5.36. The molecule has 0 radical (unpaired) electrons. The number of hydrogen-bond acceptors (Lipinski definition) is 4. The zero-order valence-electron chi connectivity index (χ0n) is 6.62. The van der Waals surface area contributed by atoms with Gasteiger partial charge in [-0.3, -0.25) is 0 Å². The van der Waals surface area contributed by atoms with E-state index in [1.54, 1.807) is 11.3 Å². The summed E-state index contributed by atoms with van der Waals surface area (Å²) in [4.78, 5) is 1.02. The highest BCUT2D eigenvalue weighted by Gasteiger charge is 2.18. The van der Waals surface area contributed by atoms with Crippen LogP contribution in [0.2, 0.25) is 0 Å². The van der Waals surface area contributed by atoms with E-state index >= 15 is 0 Å². The highest BCUT2D eigenvalue weighted by molar-refractivity contribution is 7.14. The number of ether oxygens (including phenoxy) is 1. The van der Waals surface area contributed by atoms with Gasteiger partial charge in [-0.1, -0.05) is 0 Å². The van der Waals surface area contributed by atoms with Gasteiger partial charge in [-0.05, 0) is 6.07 Å². The third-order valence-electron chi connectivity index (χ3n) is 1.96. The molecule has 1 aromatic rings. The molecule has 1 aliphatic heterocycles. The predicted octanol–water partition coefficient (Wildman–Crippen LogP) is 0.675. The third-order valence-corrected chi connectivity index (χ3v) is 3.18. The minimum absolute atomic E-state index is 0.000602. The van der Waals surface area contributed by atoms with E-state index in [4.69, 9.17) is 15.6 Å². The molecule has 0 fully saturated rings. The Balaban J connectivity index is 2.25. The van der Waals surface area contributed by atoms with Crippen LogP contribution in [0, 0.1) is 0 Å². The normalized spacial score (nSPS) is 17.2. The predicted molar refractivity (Wildman–Crippen MR) is 47.5 cm³/mol. The van der Waals surface area contributed by atoms with Crippen LogP contribution in [-0.4, -0.2) is 18.3 Å². The van der Waals surface area contributed by atoms with E-state index in [0.717, 1.165) is 23.0 Å². The zero-order chi connectivity index (χ0) is 8.55. The molecule has 1 atom stereocenters. The number of nitrogens with two attached hydrogens (primary N) is 1. The molecule has 2 rings (SSSR count). The lowest BCUT2D eigenvalue weighted by Crippen LogP contribution is -2.12. The molecule has 1 aliphatic rings. The third kappa shape index (κ3) is 1.22. The van der Waals surface area contributed by atoms with E-state index in [1.165, 1.54) is 5.56 Å². The summed E-state index contributed by atoms with van der Waals surface area (Å²) in [5, 5.41) is 9.80. The van der Waals surface area contributed by atoms with Gasteiger partial charge in [-0.2, -0.15) is 0 Å². The number of rotatable bonds is 2. The van der Waals surface area contributed by atoms with Crippen molar-refractivity contribution >= 4 is 11.3 Å². The maximum atomic E-state index is 8.82. The van der Waals surface area contributed by atoms with Crippen molar-refractivity contribution in [3.63, 3.8) is 0 Å². The Hall–Kier alpha value is -0.580. The topological polar surface area (TPSA) is 55.5 Å². The minimum Gasteiger partial charge on any atom is -0.483 e. The van der Waals surface area contributed by atoms with Gasteiger partial charge in [0.1, 0.15) is 0 Å². The van der Waals surface area contributed by atoms with Gasteiger partial charge in [-0.25, -0.2) is 0 Å². The Labute approximate surface area is 74.8 Å². The fourth-order valence-electron chi connectivity index (χ4n) is 1.26. The van der Waals surface area contributed by atoms with Crippen molar-refractivity contribution in [2.24, 2.45) is 5.73 Å². The van der Waals surface area contributed by atoms with E-state index in [-0.39, 0.29) is 12.6 Å². The van der Waals surface area contributed by atoms with Gasteiger partial charge in [0.15, 0.2) is 5.06 Å². The van der Waals surface area contributed by atoms with Crippen LogP contribution >= 0.6 is 11.3 Å². The lowest BCUT2D eigenvalue weighted by Gasteiger charge is -2.03. The van der Waals surface area contributed by atoms with Crippen LogP contribution in [0.4, 0.5) is 0 Å². The van der Waals surface area contributed by atoms with Crippen LogP contribution in [-0.2, 0) is 6.42 Å². The quantitative estimate of drug-likeness (QED) is 0.712. The first-order chi connectivity index (χ1) is 5.81. The number of hydrogen-bond donors (Lipinski definition) is 2. The van der Waals surface area contributed by atoms with Gasteiger partial charge >= 0.3 is 0 Å². The molecule has 3 N–H and O–H groups in total. The molecule has 0 amide bonds. The minimum atomic E-state index is -0.246. The Morgan fingerprint density at radius 2 is 2.58 bits per heavy atom. The fraction of sp³-hybridized carbons (Fsp3) is 0.500. The van der Waals surface area contributed by atoms with Crippen molar-refractivity contribution in [2.75, 3.05) is 13.2 Å². The van der Waals surface area contributed by atoms with Gasteiger partial charge in [0.2, 0.25) is 0 Å². The highest BCUT2D eigenvalue weighted by Crippen LogP contribution is 2.36. The number of fused-ring (bicyclic) bond motifs is 1. The summed E-state index contributed by atoms with van der Waals surface area (Å²) in [5.74, 6) is 0. The van der Waals surface area contributed by atoms with Crippen LogP contribution < -0.4 is 10.5 Å². The first-order valence-electron chi connectivity index (χ1n) is 3.93. The fourth-order valence-corrected chi connectivity index (χ4v) is 2.33. The van der Waals surface area contributed by atoms with Gasteiger partial charge in [0.25, 0.3) is 0 Å². The summed E-state index contributed by atoms with van der Waals surface area (Å²) >= 11 is 1.55. The highest BCUT2D eigenvalue weighted by atomic mass is 32.1. The first kappa shape index (κ1) is 8.04. The summed E-state index contributed by atoms with van der Waals surface area (Å²) in [5.41, 5.74) is 6.90. The molecular formula is C8H11NO2S. The smallest absolute Gasteiger partial charge is 0.177 e. The molecule has 1 aromatic heterocycles. The Kier molecular flexibility index (Phi) is 2.04. The molecule has 0 spiro atoms. The number of aliphatic hydroxyl groups is 1. The van der Waals surface area contributed by atoms with Crippen LogP contribution in [0.25, 0.3) is 0 Å². The van der Waals surface area contributed by atoms with Crippen LogP contribution in [0.3, 0.4) is 0 Å². The number of thiophene rings is 1. The lowest BCUT2D eigenvalue weighted by atomic mass is 10.2. The van der Waals surface area contributed by atoms with Gasteiger partial charge in [0.05, 0.1) is 19.3 Å². The zero-order valence-corrected chi connectivity index (χ0v) is 7.43. The Bertz CT molecular complexity index is 263. The summed E-state index contributed by atoms with van der Waals surface area (Å²) in [6, 6.07) is 1.79. The van der Waals surface area contributed by atoms with E-state index in [2.05, 4.69) is 0 Å². The van der Waals surface area contributed by atoms with Crippen molar-refractivity contribution in [2.45, 2.75) is 12.5 Å². The Morgan fingerprint density at radius 1 is 1.75 bits per heavy atom. The summed E-state index contributed by atoms with van der Waals surface area (Å²) in [7, 11) is 0. The average molecular weight is 185 g/mol. The number of aliphatic hydroxyl groups excluding tert-OH is 1. The van der Waals surface area contributed by atoms with Crippen molar-refractivity contribution in [1.29, 1.82) is 0 Å². The molecule has 3 nitrogen and oxygen atoms in total. The second kappa shape index (κ2) is 3.05. The van der Waals surface area contributed by atoms with E-state index in [0.29, 0.717) is 0 Å². The van der Waals surface area contributed by atoms with Crippen LogP contribution in [0.1, 0.15) is 16.5 Å². The second-order valence-electron chi connectivity index (χ2n) is 2.85. The van der Waals surface area contributed by atoms with Gasteiger partial charge in [0, 0.05) is 16.9 Å². The monoisotopic (exact) mass is 185 g/mol. The van der Waals surface area contributed by atoms with Crippen molar-refractivity contribution in [1.82, 2.24) is 0 Å². The molecule has 66 valence electrons. The van der Waals surface area contributed by atoms with E-state index in [1.807, 2.05) is 6.07 Å². The molecule has 0 aromatic carbocycles. The maximum Gasteiger partial charge on any atom is 0.177 e. The summed E-state index contributed by atoms with van der Waals surface area (Å²) in [6.45, 7) is 0.787. The first-order valence-corrected chi connectivity index (χ1v) is 4.74. The van der Waals surface area contributed by atoms with Crippen LogP contribution in [0.15, 0.2) is 6.07 Å². The molecule has 0 bridgehead atoms. The van der Waals surface area contributed by atoms with E-state index < -0.39 is 0 Å². The lowest BCUT2D eigenvalue weighted by molar-refractivity contribution is 0.269. The maximum absolute atomic E-state index is 8.82. The summed E-state index contributed by atoms with van der Waals surface area (Å²) in [6.07, 6.45) is 0.976. The van der Waals surface area contributed by atoms with Crippen molar-refractivity contribution in [3.8, 4) is 5.06 Å². The SMILES string of the molecule is NC(CO)c1cc2c(s1)OCC2. The molecule has 2 heterocycles. The molecule has 12 heavy (non-hydrogen) atoms.